The molecule has 0 atom stereocenters. The van der Waals surface area contributed by atoms with Crippen molar-refractivity contribution < 1.29 is 4.39 Å². The topological polar surface area (TPSA) is 12.0 Å². The smallest absolute Gasteiger partial charge is 0.126 e. The lowest BCUT2D eigenvalue weighted by atomic mass is 10.00. The molecule has 0 aliphatic rings. The van der Waals surface area contributed by atoms with Crippen LogP contribution < -0.4 is 5.32 Å². The van der Waals surface area contributed by atoms with E-state index in [0.29, 0.717) is 0 Å². The zero-order valence-corrected chi connectivity index (χ0v) is 10.6. The molecule has 0 heterocycles. The van der Waals surface area contributed by atoms with Crippen LogP contribution in [0.2, 0.25) is 0 Å². The van der Waals surface area contributed by atoms with Gasteiger partial charge in [-0.05, 0) is 42.0 Å². The maximum absolute atomic E-state index is 13.6. The average Bonchev–Trinajstić information content (AvgIpc) is 2.35. The lowest BCUT2D eigenvalue weighted by Gasteiger charge is -2.09. The summed E-state index contributed by atoms with van der Waals surface area (Å²) in [7, 11) is 1.85. The van der Waals surface area contributed by atoms with Crippen molar-refractivity contribution in [2.45, 2.75) is 26.2 Å². The number of hydrogen-bond donors (Lipinski definition) is 1. The summed E-state index contributed by atoms with van der Waals surface area (Å²) in [4.78, 5) is 0. The Morgan fingerprint density at radius 1 is 1.29 bits per heavy atom. The quantitative estimate of drug-likeness (QED) is 0.785. The molecule has 0 fully saturated rings. The summed E-state index contributed by atoms with van der Waals surface area (Å²) < 4.78 is 13.6. The average molecular weight is 233 g/mol. The second-order valence-electron chi connectivity index (χ2n) is 4.12. The normalized spacial score (nSPS) is 10.1. The Hall–Kier alpha value is -1.57. The van der Waals surface area contributed by atoms with Crippen LogP contribution in [0.4, 0.5) is 4.39 Å². The molecule has 0 aliphatic carbocycles. The minimum atomic E-state index is -0.140. The molecule has 17 heavy (non-hydrogen) atoms. The molecule has 0 saturated heterocycles. The van der Waals surface area contributed by atoms with E-state index in [4.69, 9.17) is 0 Å². The van der Waals surface area contributed by atoms with E-state index in [2.05, 4.69) is 18.5 Å². The molecule has 0 aliphatic heterocycles. The number of benzene rings is 1. The number of hydrogen-bond acceptors (Lipinski definition) is 1. The van der Waals surface area contributed by atoms with Gasteiger partial charge in [0.15, 0.2) is 0 Å². The number of halogens is 1. The predicted molar refractivity (Wildman–Crippen MR) is 72.2 cm³/mol. The van der Waals surface area contributed by atoms with Gasteiger partial charge in [-0.25, -0.2) is 4.39 Å². The van der Waals surface area contributed by atoms with E-state index in [0.717, 1.165) is 41.7 Å². The first kappa shape index (κ1) is 13.5. The van der Waals surface area contributed by atoms with Crippen LogP contribution >= 0.6 is 0 Å². The molecule has 0 bridgehead atoms. The molecule has 92 valence electrons. The van der Waals surface area contributed by atoms with Crippen molar-refractivity contribution in [3.8, 4) is 0 Å². The highest BCUT2D eigenvalue weighted by atomic mass is 19.1. The van der Waals surface area contributed by atoms with Crippen LogP contribution in [-0.4, -0.2) is 7.05 Å². The second kappa shape index (κ2) is 6.24. The molecule has 1 aromatic carbocycles. The first-order valence-electron chi connectivity index (χ1n) is 5.90. The highest BCUT2D eigenvalue weighted by molar-refractivity contribution is 5.63. The summed E-state index contributed by atoms with van der Waals surface area (Å²) in [5.41, 5.74) is 3.55. The van der Waals surface area contributed by atoms with Crippen molar-refractivity contribution in [2.24, 2.45) is 0 Å². The van der Waals surface area contributed by atoms with Gasteiger partial charge < -0.3 is 5.32 Å². The van der Waals surface area contributed by atoms with Gasteiger partial charge in [0.25, 0.3) is 0 Å². The standard InChI is InChI=1S/C15H20FN/c1-5-13-8-9-14(10-15(13)16)11(2)6-7-12(3)17-4/h8-10,17H,2-3,5-7H2,1,4H3. The SMILES string of the molecule is C=C(CCC(=C)c1ccc(CC)c(F)c1)NC. The van der Waals surface area contributed by atoms with E-state index in [1.54, 1.807) is 6.07 Å². The molecular weight excluding hydrogens is 213 g/mol. The van der Waals surface area contributed by atoms with Gasteiger partial charge in [-0.15, -0.1) is 0 Å². The predicted octanol–water partition coefficient (Wildman–Crippen LogP) is 3.91. The summed E-state index contributed by atoms with van der Waals surface area (Å²) in [6.45, 7) is 9.80. The van der Waals surface area contributed by atoms with Crippen LogP contribution in [0.3, 0.4) is 0 Å². The summed E-state index contributed by atoms with van der Waals surface area (Å²) in [5, 5.41) is 2.99. The van der Waals surface area contributed by atoms with Crippen molar-refractivity contribution >= 4 is 5.57 Å². The fourth-order valence-electron chi connectivity index (χ4n) is 1.63. The zero-order valence-electron chi connectivity index (χ0n) is 10.6. The van der Waals surface area contributed by atoms with Gasteiger partial charge in [-0.2, -0.15) is 0 Å². The van der Waals surface area contributed by atoms with Crippen molar-refractivity contribution in [3.63, 3.8) is 0 Å². The fraction of sp³-hybridized carbons (Fsp3) is 0.333. The number of allylic oxidation sites excluding steroid dienone is 2. The monoisotopic (exact) mass is 233 g/mol. The van der Waals surface area contributed by atoms with Crippen molar-refractivity contribution in [2.75, 3.05) is 7.05 Å². The van der Waals surface area contributed by atoms with Gasteiger partial charge in [0.05, 0.1) is 0 Å². The Bertz CT molecular complexity index is 421. The number of aryl methyl sites for hydroxylation is 1. The van der Waals surface area contributed by atoms with Crippen LogP contribution in [0.1, 0.15) is 30.9 Å². The van der Waals surface area contributed by atoms with Gasteiger partial charge in [0, 0.05) is 12.7 Å². The molecule has 0 radical (unpaired) electrons. The minimum absolute atomic E-state index is 0.140. The number of nitrogens with one attached hydrogen (secondary N) is 1. The van der Waals surface area contributed by atoms with Crippen LogP contribution in [0.5, 0.6) is 0 Å². The molecule has 0 aromatic heterocycles. The zero-order chi connectivity index (χ0) is 12.8. The van der Waals surface area contributed by atoms with E-state index in [1.807, 2.05) is 26.1 Å². The molecule has 1 rings (SSSR count). The Labute approximate surface area is 103 Å². The third-order valence-corrected chi connectivity index (χ3v) is 2.92. The van der Waals surface area contributed by atoms with E-state index >= 15 is 0 Å². The Morgan fingerprint density at radius 3 is 2.53 bits per heavy atom. The summed E-state index contributed by atoms with van der Waals surface area (Å²) in [5.74, 6) is -0.140. The minimum Gasteiger partial charge on any atom is -0.392 e. The first-order chi connectivity index (χ1) is 8.08. The summed E-state index contributed by atoms with van der Waals surface area (Å²) in [6.07, 6.45) is 2.34. The maximum atomic E-state index is 13.6. The van der Waals surface area contributed by atoms with Gasteiger partial charge in [0.1, 0.15) is 5.82 Å². The third-order valence-electron chi connectivity index (χ3n) is 2.92. The van der Waals surface area contributed by atoms with E-state index in [-0.39, 0.29) is 5.82 Å². The molecule has 0 amide bonds. The molecule has 0 spiro atoms. The van der Waals surface area contributed by atoms with Gasteiger partial charge in [0.2, 0.25) is 0 Å². The molecule has 0 saturated carbocycles. The van der Waals surface area contributed by atoms with E-state index < -0.39 is 0 Å². The second-order valence-corrected chi connectivity index (χ2v) is 4.12. The van der Waals surface area contributed by atoms with Crippen molar-refractivity contribution in [1.82, 2.24) is 5.32 Å². The molecule has 1 nitrogen and oxygen atoms in total. The highest BCUT2D eigenvalue weighted by Crippen LogP contribution is 2.21. The van der Waals surface area contributed by atoms with Gasteiger partial charge >= 0.3 is 0 Å². The van der Waals surface area contributed by atoms with Crippen molar-refractivity contribution in [1.29, 1.82) is 0 Å². The van der Waals surface area contributed by atoms with Crippen molar-refractivity contribution in [3.05, 3.63) is 54.0 Å². The number of rotatable bonds is 6. The van der Waals surface area contributed by atoms with Crippen LogP contribution in [0.15, 0.2) is 37.1 Å². The molecular formula is C15H20FN. The lowest BCUT2D eigenvalue weighted by molar-refractivity contribution is 0.611. The third kappa shape index (κ3) is 3.74. The largest absolute Gasteiger partial charge is 0.392 e. The lowest BCUT2D eigenvalue weighted by Crippen LogP contribution is -2.03. The summed E-state index contributed by atoms with van der Waals surface area (Å²) >= 11 is 0. The summed E-state index contributed by atoms with van der Waals surface area (Å²) in [6, 6.07) is 5.35. The van der Waals surface area contributed by atoms with E-state index in [1.165, 1.54) is 0 Å². The van der Waals surface area contributed by atoms with E-state index in [9.17, 15) is 4.39 Å². The first-order valence-corrected chi connectivity index (χ1v) is 5.90. The Kier molecular flexibility index (Phi) is 4.95. The van der Waals surface area contributed by atoms with Crippen LogP contribution in [-0.2, 0) is 6.42 Å². The fourth-order valence-corrected chi connectivity index (χ4v) is 1.63. The molecule has 1 N–H and O–H groups in total. The van der Waals surface area contributed by atoms with Crippen LogP contribution in [0.25, 0.3) is 5.57 Å². The Morgan fingerprint density at radius 2 is 2.00 bits per heavy atom. The molecule has 2 heteroatoms. The molecule has 0 unspecified atom stereocenters. The van der Waals surface area contributed by atoms with Gasteiger partial charge in [-0.3, -0.25) is 0 Å². The van der Waals surface area contributed by atoms with Crippen LogP contribution in [0, 0.1) is 5.82 Å². The highest BCUT2D eigenvalue weighted by Gasteiger charge is 2.05. The Balaban J connectivity index is 2.69. The molecule has 1 aromatic rings. The maximum Gasteiger partial charge on any atom is 0.126 e. The van der Waals surface area contributed by atoms with Gasteiger partial charge in [-0.1, -0.05) is 32.2 Å².